The van der Waals surface area contributed by atoms with Crippen molar-refractivity contribution >= 4 is 23.4 Å². The van der Waals surface area contributed by atoms with E-state index in [0.29, 0.717) is 24.1 Å². The summed E-state index contributed by atoms with van der Waals surface area (Å²) in [6.45, 7) is 2.53. The van der Waals surface area contributed by atoms with Crippen molar-refractivity contribution in [3.05, 3.63) is 65.2 Å². The number of aryl methyl sites for hydroxylation is 1. The highest BCUT2D eigenvalue weighted by molar-refractivity contribution is 6.00. The third-order valence-electron chi connectivity index (χ3n) is 4.19. The zero-order valence-corrected chi connectivity index (χ0v) is 13.9. The summed E-state index contributed by atoms with van der Waals surface area (Å²) in [5, 5.41) is 0. The van der Waals surface area contributed by atoms with Gasteiger partial charge in [-0.2, -0.15) is 0 Å². The first-order chi connectivity index (χ1) is 12.1. The number of hydrogen-bond acceptors (Lipinski definition) is 3. The van der Waals surface area contributed by atoms with Crippen LogP contribution in [-0.4, -0.2) is 24.3 Å². The van der Waals surface area contributed by atoms with Gasteiger partial charge in [-0.05, 0) is 49.2 Å². The highest BCUT2D eigenvalue weighted by atomic mass is 16.2. The first kappa shape index (κ1) is 16.7. The lowest BCUT2D eigenvalue weighted by Gasteiger charge is -2.16. The number of hydrazine groups is 1. The predicted molar refractivity (Wildman–Crippen MR) is 94.1 cm³/mol. The van der Waals surface area contributed by atoms with Crippen molar-refractivity contribution in [2.45, 2.75) is 19.8 Å². The molecule has 0 spiro atoms. The van der Waals surface area contributed by atoms with E-state index in [9.17, 15) is 14.4 Å². The Morgan fingerprint density at radius 1 is 0.960 bits per heavy atom. The second-order valence-electron chi connectivity index (χ2n) is 5.92. The van der Waals surface area contributed by atoms with Crippen molar-refractivity contribution in [3.8, 4) is 0 Å². The lowest BCUT2D eigenvalue weighted by Crippen LogP contribution is -2.41. The SMILES string of the molecule is Cc1ccccc1C(=O)NNC(=O)c1ccc(N2CCCC2=O)cc1. The number of amides is 3. The molecule has 0 atom stereocenters. The molecule has 1 saturated heterocycles. The first-order valence-corrected chi connectivity index (χ1v) is 8.13. The zero-order valence-electron chi connectivity index (χ0n) is 13.9. The molecule has 0 aliphatic carbocycles. The number of carbonyl (C=O) groups excluding carboxylic acids is 3. The van der Waals surface area contributed by atoms with Gasteiger partial charge in [-0.25, -0.2) is 0 Å². The molecule has 0 unspecified atom stereocenters. The van der Waals surface area contributed by atoms with Gasteiger partial charge in [0.15, 0.2) is 0 Å². The minimum Gasteiger partial charge on any atom is -0.312 e. The molecule has 0 saturated carbocycles. The summed E-state index contributed by atoms with van der Waals surface area (Å²) < 4.78 is 0. The minimum absolute atomic E-state index is 0.0997. The molecule has 1 fully saturated rings. The summed E-state index contributed by atoms with van der Waals surface area (Å²) in [6, 6.07) is 13.9. The molecule has 3 amide bonds. The van der Waals surface area contributed by atoms with Crippen LogP contribution in [0.25, 0.3) is 0 Å². The summed E-state index contributed by atoms with van der Waals surface area (Å²) in [5.74, 6) is -0.685. The average molecular weight is 337 g/mol. The number of nitrogens with zero attached hydrogens (tertiary/aromatic N) is 1. The summed E-state index contributed by atoms with van der Waals surface area (Å²) >= 11 is 0. The number of rotatable bonds is 3. The molecule has 0 aromatic heterocycles. The fourth-order valence-corrected chi connectivity index (χ4v) is 2.79. The molecular weight excluding hydrogens is 318 g/mol. The number of nitrogens with one attached hydrogen (secondary N) is 2. The third-order valence-corrected chi connectivity index (χ3v) is 4.19. The molecule has 25 heavy (non-hydrogen) atoms. The van der Waals surface area contributed by atoms with E-state index in [4.69, 9.17) is 0 Å². The summed E-state index contributed by atoms with van der Waals surface area (Å²) in [6.07, 6.45) is 1.42. The Morgan fingerprint density at radius 3 is 2.28 bits per heavy atom. The van der Waals surface area contributed by atoms with Gasteiger partial charge in [-0.1, -0.05) is 18.2 Å². The van der Waals surface area contributed by atoms with Gasteiger partial charge < -0.3 is 4.90 Å². The van der Waals surface area contributed by atoms with E-state index in [1.165, 1.54) is 0 Å². The van der Waals surface area contributed by atoms with Crippen LogP contribution in [0.1, 0.15) is 39.1 Å². The molecule has 1 aliphatic heterocycles. The second-order valence-corrected chi connectivity index (χ2v) is 5.92. The summed E-state index contributed by atoms with van der Waals surface area (Å²) in [4.78, 5) is 37.7. The number of benzene rings is 2. The molecule has 6 heteroatoms. The van der Waals surface area contributed by atoms with Crippen LogP contribution < -0.4 is 15.8 Å². The number of carbonyl (C=O) groups is 3. The minimum atomic E-state index is -0.416. The van der Waals surface area contributed by atoms with Crippen molar-refractivity contribution in [3.63, 3.8) is 0 Å². The van der Waals surface area contributed by atoms with Gasteiger partial charge in [0.25, 0.3) is 11.8 Å². The molecule has 1 aliphatic rings. The van der Waals surface area contributed by atoms with E-state index in [1.807, 2.05) is 19.1 Å². The maximum atomic E-state index is 12.2. The molecule has 2 aromatic carbocycles. The van der Waals surface area contributed by atoms with Crippen LogP contribution in [0.3, 0.4) is 0 Å². The van der Waals surface area contributed by atoms with Gasteiger partial charge in [0.05, 0.1) is 0 Å². The number of anilines is 1. The molecule has 0 radical (unpaired) electrons. The molecular formula is C19H19N3O3. The van der Waals surface area contributed by atoms with Crippen molar-refractivity contribution in [1.82, 2.24) is 10.9 Å². The fourth-order valence-electron chi connectivity index (χ4n) is 2.79. The Hall–Kier alpha value is -3.15. The fraction of sp³-hybridized carbons (Fsp3) is 0.211. The van der Waals surface area contributed by atoms with E-state index in [-0.39, 0.29) is 11.8 Å². The highest BCUT2D eigenvalue weighted by Gasteiger charge is 2.21. The normalized spacial score (nSPS) is 13.6. The second kappa shape index (κ2) is 7.17. The van der Waals surface area contributed by atoms with E-state index in [0.717, 1.165) is 17.7 Å². The lowest BCUT2D eigenvalue weighted by molar-refractivity contribution is -0.117. The Kier molecular flexibility index (Phi) is 4.79. The maximum Gasteiger partial charge on any atom is 0.269 e. The van der Waals surface area contributed by atoms with Crippen molar-refractivity contribution in [2.75, 3.05) is 11.4 Å². The molecule has 2 aromatic rings. The Labute approximate surface area is 145 Å². The van der Waals surface area contributed by atoms with Gasteiger partial charge in [-0.15, -0.1) is 0 Å². The van der Waals surface area contributed by atoms with Gasteiger partial charge in [0, 0.05) is 29.8 Å². The highest BCUT2D eigenvalue weighted by Crippen LogP contribution is 2.21. The van der Waals surface area contributed by atoms with Crippen LogP contribution in [0.5, 0.6) is 0 Å². The summed E-state index contributed by atoms with van der Waals surface area (Å²) in [5.41, 5.74) is 7.33. The van der Waals surface area contributed by atoms with Gasteiger partial charge >= 0.3 is 0 Å². The van der Waals surface area contributed by atoms with Gasteiger partial charge in [-0.3, -0.25) is 25.2 Å². The third kappa shape index (κ3) is 3.68. The topological polar surface area (TPSA) is 78.5 Å². The lowest BCUT2D eigenvalue weighted by atomic mass is 10.1. The quantitative estimate of drug-likeness (QED) is 0.843. The Balaban J connectivity index is 1.61. The van der Waals surface area contributed by atoms with Crippen molar-refractivity contribution < 1.29 is 14.4 Å². The van der Waals surface area contributed by atoms with Crippen molar-refractivity contribution in [1.29, 1.82) is 0 Å². The maximum absolute atomic E-state index is 12.2. The van der Waals surface area contributed by atoms with Crippen LogP contribution in [0.2, 0.25) is 0 Å². The zero-order chi connectivity index (χ0) is 17.8. The van der Waals surface area contributed by atoms with Gasteiger partial charge in [0.1, 0.15) is 0 Å². The Bertz CT molecular complexity index is 815. The van der Waals surface area contributed by atoms with Crippen molar-refractivity contribution in [2.24, 2.45) is 0 Å². The smallest absolute Gasteiger partial charge is 0.269 e. The van der Waals surface area contributed by atoms with Crippen LogP contribution >= 0.6 is 0 Å². The molecule has 3 rings (SSSR count). The Morgan fingerprint density at radius 2 is 1.64 bits per heavy atom. The molecule has 6 nitrogen and oxygen atoms in total. The molecule has 128 valence electrons. The van der Waals surface area contributed by atoms with Crippen LogP contribution in [0.15, 0.2) is 48.5 Å². The van der Waals surface area contributed by atoms with E-state index in [1.54, 1.807) is 41.3 Å². The van der Waals surface area contributed by atoms with Gasteiger partial charge in [0.2, 0.25) is 5.91 Å². The van der Waals surface area contributed by atoms with Crippen LogP contribution in [0.4, 0.5) is 5.69 Å². The van der Waals surface area contributed by atoms with Crippen LogP contribution in [-0.2, 0) is 4.79 Å². The summed E-state index contributed by atoms with van der Waals surface area (Å²) in [7, 11) is 0. The van der Waals surface area contributed by atoms with E-state index < -0.39 is 5.91 Å². The van der Waals surface area contributed by atoms with E-state index in [2.05, 4.69) is 10.9 Å². The monoisotopic (exact) mass is 337 g/mol. The average Bonchev–Trinajstić information content (AvgIpc) is 3.06. The largest absolute Gasteiger partial charge is 0.312 e. The first-order valence-electron chi connectivity index (χ1n) is 8.13. The van der Waals surface area contributed by atoms with E-state index >= 15 is 0 Å². The standard InChI is InChI=1S/C19H19N3O3/c1-13-5-2-3-6-16(13)19(25)21-20-18(24)14-8-10-15(11-9-14)22-12-4-7-17(22)23/h2-3,5-6,8-11H,4,7,12H2,1H3,(H,20,24)(H,21,25). The molecule has 0 bridgehead atoms. The molecule has 1 heterocycles. The predicted octanol–water partition coefficient (Wildman–Crippen LogP) is 2.20. The number of hydrogen-bond donors (Lipinski definition) is 2. The van der Waals surface area contributed by atoms with Crippen LogP contribution in [0, 0.1) is 6.92 Å². The molecule has 2 N–H and O–H groups in total.